The van der Waals surface area contributed by atoms with Gasteiger partial charge in [0, 0.05) is 12.4 Å². The van der Waals surface area contributed by atoms with Crippen molar-refractivity contribution in [3.63, 3.8) is 0 Å². The minimum absolute atomic E-state index is 0.0949. The molecule has 3 N–H and O–H groups in total. The highest BCUT2D eigenvalue weighted by Gasteiger charge is 2.03. The van der Waals surface area contributed by atoms with Crippen molar-refractivity contribution in [3.8, 4) is 0 Å². The zero-order chi connectivity index (χ0) is 6.69. The fraction of sp³-hybridized carbons (Fsp3) is 0. The normalized spacial score (nSPS) is 9.00. The van der Waals surface area contributed by atoms with E-state index in [1.54, 1.807) is 0 Å². The summed E-state index contributed by atoms with van der Waals surface area (Å²) in [6, 6.07) is 0. The molecule has 0 saturated carbocycles. The standard InChI is InChI=1S/C4H5N3O2/c8-4(7-9)3-5-1-2-6-3/h1-2,9H,(H,5,6)(H,7,8). The molecule has 0 unspecified atom stereocenters. The molecule has 9 heavy (non-hydrogen) atoms. The summed E-state index contributed by atoms with van der Waals surface area (Å²) >= 11 is 0. The molecule has 1 heterocycles. The molecule has 0 aromatic carbocycles. The van der Waals surface area contributed by atoms with Crippen LogP contribution >= 0.6 is 0 Å². The number of nitrogens with one attached hydrogen (secondary N) is 2. The highest BCUT2D eigenvalue weighted by Crippen LogP contribution is 1.84. The first-order valence-corrected chi connectivity index (χ1v) is 2.28. The van der Waals surface area contributed by atoms with Crippen LogP contribution in [0.3, 0.4) is 0 Å². The van der Waals surface area contributed by atoms with Crippen LogP contribution in [0, 0.1) is 0 Å². The van der Waals surface area contributed by atoms with E-state index in [1.165, 1.54) is 17.9 Å². The second kappa shape index (κ2) is 2.27. The number of amides is 1. The summed E-state index contributed by atoms with van der Waals surface area (Å²) in [5.41, 5.74) is 1.43. The number of imidazole rings is 1. The Hall–Kier alpha value is -1.36. The fourth-order valence-electron chi connectivity index (χ4n) is 0.442. The lowest BCUT2D eigenvalue weighted by Crippen LogP contribution is -2.19. The van der Waals surface area contributed by atoms with Crippen molar-refractivity contribution in [3.05, 3.63) is 18.2 Å². The molecule has 1 aromatic heterocycles. The van der Waals surface area contributed by atoms with E-state index < -0.39 is 5.91 Å². The monoisotopic (exact) mass is 127 g/mol. The second-order valence-electron chi connectivity index (χ2n) is 1.38. The van der Waals surface area contributed by atoms with Gasteiger partial charge < -0.3 is 4.98 Å². The highest BCUT2D eigenvalue weighted by molar-refractivity contribution is 5.89. The number of hydroxylamine groups is 1. The number of hydrogen-bond acceptors (Lipinski definition) is 3. The summed E-state index contributed by atoms with van der Waals surface area (Å²) in [5, 5.41) is 8.05. The largest absolute Gasteiger partial charge is 0.340 e. The molecule has 0 aliphatic carbocycles. The zero-order valence-electron chi connectivity index (χ0n) is 4.46. The van der Waals surface area contributed by atoms with Crippen molar-refractivity contribution in [2.24, 2.45) is 0 Å². The summed E-state index contributed by atoms with van der Waals surface area (Å²) in [6.07, 6.45) is 2.91. The molecular formula is C4H5N3O2. The predicted octanol–water partition coefficient (Wildman–Crippen LogP) is -0.471. The van der Waals surface area contributed by atoms with Crippen molar-refractivity contribution in [1.29, 1.82) is 0 Å². The molecule has 5 nitrogen and oxygen atoms in total. The lowest BCUT2D eigenvalue weighted by molar-refractivity contribution is 0.0696. The first kappa shape index (κ1) is 5.77. The van der Waals surface area contributed by atoms with E-state index >= 15 is 0 Å². The van der Waals surface area contributed by atoms with Crippen LogP contribution in [0.25, 0.3) is 0 Å². The molecule has 0 radical (unpaired) electrons. The smallest absolute Gasteiger partial charge is 0.310 e. The van der Waals surface area contributed by atoms with Crippen LogP contribution in [-0.2, 0) is 0 Å². The third kappa shape index (κ3) is 1.06. The van der Waals surface area contributed by atoms with E-state index in [9.17, 15) is 4.79 Å². The SMILES string of the molecule is O=C(NO)c1ncc[nH]1. The van der Waals surface area contributed by atoms with E-state index in [-0.39, 0.29) is 5.82 Å². The molecule has 48 valence electrons. The first-order chi connectivity index (χ1) is 4.34. The van der Waals surface area contributed by atoms with Gasteiger partial charge in [0.25, 0.3) is 0 Å². The van der Waals surface area contributed by atoms with Gasteiger partial charge in [-0.2, -0.15) is 0 Å². The molecule has 1 rings (SSSR count). The number of hydrogen-bond donors (Lipinski definition) is 3. The minimum Gasteiger partial charge on any atom is -0.340 e. The summed E-state index contributed by atoms with van der Waals surface area (Å²) in [6.45, 7) is 0. The van der Waals surface area contributed by atoms with E-state index in [4.69, 9.17) is 5.21 Å². The van der Waals surface area contributed by atoms with Gasteiger partial charge in [-0.1, -0.05) is 0 Å². The Morgan fingerprint density at radius 3 is 3.11 bits per heavy atom. The van der Waals surface area contributed by atoms with Gasteiger partial charge in [0.2, 0.25) is 0 Å². The topological polar surface area (TPSA) is 78.0 Å². The third-order valence-corrected chi connectivity index (χ3v) is 0.815. The number of rotatable bonds is 1. The molecule has 1 amide bonds. The quantitative estimate of drug-likeness (QED) is 0.352. The molecule has 0 atom stereocenters. The zero-order valence-corrected chi connectivity index (χ0v) is 4.46. The molecule has 0 saturated heterocycles. The summed E-state index contributed by atoms with van der Waals surface area (Å²) < 4.78 is 0. The van der Waals surface area contributed by atoms with Gasteiger partial charge in [-0.3, -0.25) is 10.0 Å². The summed E-state index contributed by atoms with van der Waals surface area (Å²) in [5.74, 6) is -0.544. The Balaban J connectivity index is 2.77. The number of aromatic nitrogens is 2. The Morgan fingerprint density at radius 2 is 2.67 bits per heavy atom. The van der Waals surface area contributed by atoms with Crippen molar-refractivity contribution < 1.29 is 10.0 Å². The van der Waals surface area contributed by atoms with Crippen molar-refractivity contribution in [2.75, 3.05) is 0 Å². The van der Waals surface area contributed by atoms with Gasteiger partial charge in [0.1, 0.15) is 0 Å². The highest BCUT2D eigenvalue weighted by atomic mass is 16.5. The van der Waals surface area contributed by atoms with E-state index in [0.717, 1.165) is 0 Å². The average Bonchev–Trinajstić information content (AvgIpc) is 2.37. The van der Waals surface area contributed by atoms with Crippen molar-refractivity contribution in [1.82, 2.24) is 15.4 Å². The predicted molar refractivity (Wildman–Crippen MR) is 27.8 cm³/mol. The number of aromatic amines is 1. The minimum atomic E-state index is -0.639. The maximum Gasteiger partial charge on any atom is 0.310 e. The van der Waals surface area contributed by atoms with Gasteiger partial charge in [0.15, 0.2) is 5.82 Å². The Morgan fingerprint density at radius 1 is 1.89 bits per heavy atom. The Labute approximate surface area is 50.7 Å². The van der Waals surface area contributed by atoms with Crippen LogP contribution in [0.15, 0.2) is 12.4 Å². The second-order valence-corrected chi connectivity index (χ2v) is 1.38. The number of H-pyrrole nitrogens is 1. The lowest BCUT2D eigenvalue weighted by Gasteiger charge is -1.88. The van der Waals surface area contributed by atoms with Crippen LogP contribution in [0.5, 0.6) is 0 Å². The van der Waals surface area contributed by atoms with Crippen molar-refractivity contribution in [2.45, 2.75) is 0 Å². The average molecular weight is 127 g/mol. The van der Waals surface area contributed by atoms with E-state index in [2.05, 4.69) is 9.97 Å². The molecule has 0 aliphatic heterocycles. The summed E-state index contributed by atoms with van der Waals surface area (Å²) in [4.78, 5) is 16.5. The maximum atomic E-state index is 10.4. The summed E-state index contributed by atoms with van der Waals surface area (Å²) in [7, 11) is 0. The fourth-order valence-corrected chi connectivity index (χ4v) is 0.442. The van der Waals surface area contributed by atoms with Crippen molar-refractivity contribution >= 4 is 5.91 Å². The first-order valence-electron chi connectivity index (χ1n) is 2.28. The van der Waals surface area contributed by atoms with Gasteiger partial charge in [-0.15, -0.1) is 0 Å². The molecule has 0 aliphatic rings. The number of nitrogens with zero attached hydrogens (tertiary/aromatic N) is 1. The maximum absolute atomic E-state index is 10.4. The molecule has 1 aromatic rings. The van der Waals surface area contributed by atoms with E-state index in [1.807, 2.05) is 0 Å². The lowest BCUT2D eigenvalue weighted by atomic mass is 10.6. The molecule has 0 bridgehead atoms. The van der Waals surface area contributed by atoms with E-state index in [0.29, 0.717) is 0 Å². The van der Waals surface area contributed by atoms with Gasteiger partial charge >= 0.3 is 5.91 Å². The van der Waals surface area contributed by atoms with Crippen LogP contribution in [0.2, 0.25) is 0 Å². The third-order valence-electron chi connectivity index (χ3n) is 0.815. The van der Waals surface area contributed by atoms with Gasteiger partial charge in [0.05, 0.1) is 0 Å². The van der Waals surface area contributed by atoms with Crippen LogP contribution in [0.4, 0.5) is 0 Å². The van der Waals surface area contributed by atoms with Gasteiger partial charge in [-0.25, -0.2) is 10.5 Å². The molecular weight excluding hydrogens is 122 g/mol. The molecule has 0 fully saturated rings. The number of carbonyl (C=O) groups is 1. The Kier molecular flexibility index (Phi) is 1.46. The Bertz CT molecular complexity index is 194. The molecule has 5 heteroatoms. The van der Waals surface area contributed by atoms with Crippen LogP contribution in [0.1, 0.15) is 10.6 Å². The number of carbonyl (C=O) groups excluding carboxylic acids is 1. The van der Waals surface area contributed by atoms with Gasteiger partial charge in [-0.05, 0) is 0 Å². The van der Waals surface area contributed by atoms with Crippen LogP contribution < -0.4 is 5.48 Å². The molecule has 0 spiro atoms. The van der Waals surface area contributed by atoms with Crippen LogP contribution in [-0.4, -0.2) is 21.1 Å².